The van der Waals surface area contributed by atoms with E-state index < -0.39 is 0 Å². The van der Waals surface area contributed by atoms with Crippen LogP contribution in [0.1, 0.15) is 18.7 Å². The minimum absolute atomic E-state index is 0.199. The van der Waals surface area contributed by atoms with Crippen LogP contribution >= 0.6 is 0 Å². The first-order chi connectivity index (χ1) is 6.68. The first-order valence-corrected chi connectivity index (χ1v) is 4.89. The summed E-state index contributed by atoms with van der Waals surface area (Å²) in [7, 11) is 1.97. The predicted molar refractivity (Wildman–Crippen MR) is 54.2 cm³/mol. The molecule has 1 aliphatic rings. The van der Waals surface area contributed by atoms with Gasteiger partial charge in [-0.2, -0.15) is 0 Å². The van der Waals surface area contributed by atoms with Gasteiger partial charge < -0.3 is 10.0 Å². The average Bonchev–Trinajstić information content (AvgIpc) is 2.15. The lowest BCUT2D eigenvalue weighted by Crippen LogP contribution is -2.49. The summed E-state index contributed by atoms with van der Waals surface area (Å²) in [5, 5.41) is 9.52. The summed E-state index contributed by atoms with van der Waals surface area (Å²) < 4.78 is 0. The molecule has 2 unspecified atom stereocenters. The summed E-state index contributed by atoms with van der Waals surface area (Å²) in [4.78, 5) is 10.4. The number of aromatic nitrogens is 2. The van der Waals surface area contributed by atoms with Gasteiger partial charge in [0, 0.05) is 13.2 Å². The van der Waals surface area contributed by atoms with Crippen LogP contribution < -0.4 is 4.90 Å². The standard InChI is InChI=1S/C10H15N3O/c1-7-11-6-5-10(12-7)13(2)8-3-4-9(8)14/h5-6,8-9,14H,3-4H2,1-2H3. The highest BCUT2D eigenvalue weighted by Crippen LogP contribution is 2.27. The maximum Gasteiger partial charge on any atom is 0.132 e. The number of nitrogens with zero attached hydrogens (tertiary/aromatic N) is 3. The fraction of sp³-hybridized carbons (Fsp3) is 0.600. The maximum atomic E-state index is 9.52. The summed E-state index contributed by atoms with van der Waals surface area (Å²) in [6, 6.07) is 2.10. The zero-order valence-corrected chi connectivity index (χ0v) is 8.51. The van der Waals surface area contributed by atoms with Gasteiger partial charge in [0.2, 0.25) is 0 Å². The molecule has 2 rings (SSSR count). The summed E-state index contributed by atoms with van der Waals surface area (Å²) >= 11 is 0. The van der Waals surface area contributed by atoms with Crippen LogP contribution in [0.2, 0.25) is 0 Å². The fourth-order valence-corrected chi connectivity index (χ4v) is 1.73. The van der Waals surface area contributed by atoms with E-state index in [1.54, 1.807) is 6.20 Å². The Kier molecular flexibility index (Phi) is 2.37. The second kappa shape index (κ2) is 3.53. The molecule has 1 saturated carbocycles. The number of likely N-dealkylation sites (N-methyl/N-ethyl adjacent to an activating group) is 1. The molecule has 0 amide bonds. The van der Waals surface area contributed by atoms with Crippen molar-refractivity contribution in [3.8, 4) is 0 Å². The first-order valence-electron chi connectivity index (χ1n) is 4.89. The molecule has 1 aliphatic carbocycles. The Bertz CT molecular complexity index is 329. The normalized spacial score (nSPS) is 25.6. The smallest absolute Gasteiger partial charge is 0.132 e. The van der Waals surface area contributed by atoms with Gasteiger partial charge in [-0.3, -0.25) is 0 Å². The molecular formula is C10H15N3O. The van der Waals surface area contributed by atoms with Gasteiger partial charge in [-0.15, -0.1) is 0 Å². The number of hydrogen-bond acceptors (Lipinski definition) is 4. The molecule has 0 saturated heterocycles. The molecular weight excluding hydrogens is 178 g/mol. The Hall–Kier alpha value is -1.16. The SMILES string of the molecule is Cc1nccc(N(C)C2CCC2O)n1. The molecule has 1 aromatic heterocycles. The minimum atomic E-state index is -0.199. The summed E-state index contributed by atoms with van der Waals surface area (Å²) in [6.07, 6.45) is 3.49. The van der Waals surface area contributed by atoms with Crippen LogP contribution in [0.25, 0.3) is 0 Å². The van der Waals surface area contributed by atoms with E-state index in [1.165, 1.54) is 0 Å². The van der Waals surface area contributed by atoms with E-state index in [9.17, 15) is 5.11 Å². The van der Waals surface area contributed by atoms with Crippen LogP contribution in [0.15, 0.2) is 12.3 Å². The number of aliphatic hydroxyl groups is 1. The van der Waals surface area contributed by atoms with Gasteiger partial charge in [-0.25, -0.2) is 9.97 Å². The zero-order valence-electron chi connectivity index (χ0n) is 8.51. The van der Waals surface area contributed by atoms with Gasteiger partial charge in [0.15, 0.2) is 0 Å². The molecule has 4 heteroatoms. The Balaban J connectivity index is 2.14. The number of aryl methyl sites for hydroxylation is 1. The van der Waals surface area contributed by atoms with Gasteiger partial charge in [0.25, 0.3) is 0 Å². The molecule has 76 valence electrons. The number of rotatable bonds is 2. The van der Waals surface area contributed by atoms with E-state index >= 15 is 0 Å². The van der Waals surface area contributed by atoms with Crippen molar-refractivity contribution in [3.05, 3.63) is 18.1 Å². The summed E-state index contributed by atoms with van der Waals surface area (Å²) in [5.41, 5.74) is 0. The third-order valence-corrected chi connectivity index (χ3v) is 2.82. The second-order valence-electron chi connectivity index (χ2n) is 3.79. The van der Waals surface area contributed by atoms with Gasteiger partial charge in [-0.05, 0) is 25.8 Å². The van der Waals surface area contributed by atoms with Crippen LogP contribution in [-0.4, -0.2) is 34.3 Å². The molecule has 0 bridgehead atoms. The lowest BCUT2D eigenvalue weighted by molar-refractivity contribution is 0.0665. The minimum Gasteiger partial charge on any atom is -0.391 e. The highest BCUT2D eigenvalue weighted by molar-refractivity contribution is 5.38. The van der Waals surface area contributed by atoms with Gasteiger partial charge in [0.05, 0.1) is 12.1 Å². The monoisotopic (exact) mass is 193 g/mol. The van der Waals surface area contributed by atoms with Crippen molar-refractivity contribution in [1.29, 1.82) is 0 Å². The molecule has 1 aromatic rings. The number of hydrogen-bond donors (Lipinski definition) is 1. The fourth-order valence-electron chi connectivity index (χ4n) is 1.73. The highest BCUT2D eigenvalue weighted by atomic mass is 16.3. The Labute approximate surface area is 83.6 Å². The van der Waals surface area contributed by atoms with E-state index in [0.29, 0.717) is 0 Å². The second-order valence-corrected chi connectivity index (χ2v) is 3.79. The Morgan fingerprint density at radius 3 is 2.79 bits per heavy atom. The number of aliphatic hydroxyl groups excluding tert-OH is 1. The molecule has 2 atom stereocenters. The zero-order chi connectivity index (χ0) is 10.1. The van der Waals surface area contributed by atoms with Crippen LogP contribution in [0.4, 0.5) is 5.82 Å². The van der Waals surface area contributed by atoms with Crippen LogP contribution in [0.3, 0.4) is 0 Å². The first kappa shape index (κ1) is 9.40. The molecule has 0 radical (unpaired) electrons. The van der Waals surface area contributed by atoms with Crippen molar-refractivity contribution < 1.29 is 5.11 Å². The highest BCUT2D eigenvalue weighted by Gasteiger charge is 2.32. The van der Waals surface area contributed by atoms with Crippen molar-refractivity contribution in [2.24, 2.45) is 0 Å². The largest absolute Gasteiger partial charge is 0.391 e. The van der Waals surface area contributed by atoms with Crippen molar-refractivity contribution in [2.75, 3.05) is 11.9 Å². The topological polar surface area (TPSA) is 49.2 Å². The lowest BCUT2D eigenvalue weighted by atomic mass is 9.88. The van der Waals surface area contributed by atoms with Crippen LogP contribution in [0.5, 0.6) is 0 Å². The molecule has 0 spiro atoms. The van der Waals surface area contributed by atoms with E-state index in [2.05, 4.69) is 9.97 Å². The molecule has 1 heterocycles. The molecule has 0 aromatic carbocycles. The molecule has 0 aliphatic heterocycles. The predicted octanol–water partition coefficient (Wildman–Crippen LogP) is 0.745. The molecule has 1 N–H and O–H groups in total. The average molecular weight is 193 g/mol. The van der Waals surface area contributed by atoms with Crippen molar-refractivity contribution in [2.45, 2.75) is 31.9 Å². The van der Waals surface area contributed by atoms with Crippen LogP contribution in [-0.2, 0) is 0 Å². The van der Waals surface area contributed by atoms with E-state index in [1.807, 2.05) is 24.9 Å². The Morgan fingerprint density at radius 2 is 2.29 bits per heavy atom. The number of anilines is 1. The molecule has 4 nitrogen and oxygen atoms in total. The summed E-state index contributed by atoms with van der Waals surface area (Å²) in [6.45, 7) is 1.87. The van der Waals surface area contributed by atoms with Crippen molar-refractivity contribution in [3.63, 3.8) is 0 Å². The summed E-state index contributed by atoms with van der Waals surface area (Å²) in [5.74, 6) is 1.66. The lowest BCUT2D eigenvalue weighted by Gasteiger charge is -2.40. The molecule has 1 fully saturated rings. The van der Waals surface area contributed by atoms with Gasteiger partial charge >= 0.3 is 0 Å². The van der Waals surface area contributed by atoms with E-state index in [0.717, 1.165) is 24.5 Å². The Morgan fingerprint density at radius 1 is 1.50 bits per heavy atom. The van der Waals surface area contributed by atoms with E-state index in [-0.39, 0.29) is 12.1 Å². The third kappa shape index (κ3) is 1.57. The van der Waals surface area contributed by atoms with Crippen molar-refractivity contribution >= 4 is 5.82 Å². The van der Waals surface area contributed by atoms with Gasteiger partial charge in [-0.1, -0.05) is 0 Å². The molecule has 14 heavy (non-hydrogen) atoms. The van der Waals surface area contributed by atoms with E-state index in [4.69, 9.17) is 0 Å². The van der Waals surface area contributed by atoms with Crippen LogP contribution in [0, 0.1) is 6.92 Å². The van der Waals surface area contributed by atoms with Gasteiger partial charge in [0.1, 0.15) is 11.6 Å². The third-order valence-electron chi connectivity index (χ3n) is 2.82. The maximum absolute atomic E-state index is 9.52. The quantitative estimate of drug-likeness (QED) is 0.752. The van der Waals surface area contributed by atoms with Crippen molar-refractivity contribution in [1.82, 2.24) is 9.97 Å².